The van der Waals surface area contributed by atoms with Gasteiger partial charge in [-0.05, 0) is 30.3 Å². The van der Waals surface area contributed by atoms with Gasteiger partial charge in [-0.15, -0.1) is 5.10 Å². The first-order valence-corrected chi connectivity index (χ1v) is 4.88. The van der Waals surface area contributed by atoms with Crippen molar-refractivity contribution in [2.45, 2.75) is 26.3 Å². The van der Waals surface area contributed by atoms with E-state index in [-0.39, 0.29) is 12.4 Å². The molecule has 0 saturated carbocycles. The summed E-state index contributed by atoms with van der Waals surface area (Å²) < 4.78 is 6.38. The van der Waals surface area contributed by atoms with E-state index in [0.717, 1.165) is 6.42 Å². The molecular formula is C8H15N5O2. The van der Waals surface area contributed by atoms with E-state index in [2.05, 4.69) is 15.5 Å². The minimum Gasteiger partial charge on any atom is -0.466 e. The van der Waals surface area contributed by atoms with Crippen LogP contribution in [0.1, 0.15) is 19.2 Å². The second kappa shape index (κ2) is 6.07. The van der Waals surface area contributed by atoms with Gasteiger partial charge in [-0.2, -0.15) is 0 Å². The lowest BCUT2D eigenvalue weighted by Crippen LogP contribution is -2.15. The van der Waals surface area contributed by atoms with E-state index in [4.69, 9.17) is 10.5 Å². The molecule has 1 aromatic heterocycles. The van der Waals surface area contributed by atoms with Crippen LogP contribution in [0.25, 0.3) is 0 Å². The lowest BCUT2D eigenvalue weighted by atomic mass is 10.4. The Balaban J connectivity index is 2.52. The summed E-state index contributed by atoms with van der Waals surface area (Å²) in [6, 6.07) is 0. The molecule has 0 spiro atoms. The molecule has 0 radical (unpaired) electrons. The number of aromatic nitrogens is 4. The molecule has 0 saturated heterocycles. The summed E-state index contributed by atoms with van der Waals surface area (Å²) in [5, 5.41) is 11.0. The van der Waals surface area contributed by atoms with Crippen LogP contribution in [-0.2, 0) is 22.5 Å². The van der Waals surface area contributed by atoms with Gasteiger partial charge >= 0.3 is 5.97 Å². The van der Waals surface area contributed by atoms with Crippen molar-refractivity contribution in [2.75, 3.05) is 13.2 Å². The van der Waals surface area contributed by atoms with Crippen LogP contribution in [0.15, 0.2) is 0 Å². The van der Waals surface area contributed by atoms with E-state index in [1.807, 2.05) is 0 Å². The first kappa shape index (κ1) is 11.6. The largest absolute Gasteiger partial charge is 0.466 e. The molecule has 84 valence electrons. The predicted molar refractivity (Wildman–Crippen MR) is 51.8 cm³/mol. The van der Waals surface area contributed by atoms with Gasteiger partial charge in [0.1, 0.15) is 6.42 Å². The minimum atomic E-state index is -0.318. The third kappa shape index (κ3) is 3.62. The zero-order chi connectivity index (χ0) is 11.1. The molecule has 0 amide bonds. The number of aryl methyl sites for hydroxylation is 1. The number of carbonyl (C=O) groups excluding carboxylic acids is 1. The summed E-state index contributed by atoms with van der Waals surface area (Å²) >= 11 is 0. The van der Waals surface area contributed by atoms with Crippen molar-refractivity contribution in [1.82, 2.24) is 20.2 Å². The van der Waals surface area contributed by atoms with Crippen LogP contribution in [0, 0.1) is 0 Å². The van der Waals surface area contributed by atoms with Gasteiger partial charge in [0, 0.05) is 6.54 Å². The molecule has 0 atom stereocenters. The molecule has 15 heavy (non-hydrogen) atoms. The predicted octanol–water partition coefficient (Wildman–Crippen LogP) is -0.872. The van der Waals surface area contributed by atoms with Gasteiger partial charge in [0.2, 0.25) is 0 Å². The van der Waals surface area contributed by atoms with Gasteiger partial charge in [0.25, 0.3) is 0 Å². The summed E-state index contributed by atoms with van der Waals surface area (Å²) in [5.41, 5.74) is 5.37. The summed E-state index contributed by atoms with van der Waals surface area (Å²) in [6.45, 7) is 3.31. The fourth-order valence-electron chi connectivity index (χ4n) is 1.11. The standard InChI is InChI=1S/C8H15N5O2/c1-2-15-8(14)6-7-10-11-12-13(7)5-3-4-9/h2-6,9H2,1H3. The molecule has 0 bridgehead atoms. The van der Waals surface area contributed by atoms with Gasteiger partial charge in [0.15, 0.2) is 5.82 Å². The number of nitrogens with zero attached hydrogens (tertiary/aromatic N) is 4. The van der Waals surface area contributed by atoms with E-state index in [0.29, 0.717) is 25.5 Å². The minimum absolute atomic E-state index is 0.103. The molecular weight excluding hydrogens is 198 g/mol. The Morgan fingerprint density at radius 3 is 3.07 bits per heavy atom. The molecule has 1 heterocycles. The Bertz CT molecular complexity index is 312. The van der Waals surface area contributed by atoms with Gasteiger partial charge in [-0.1, -0.05) is 0 Å². The molecule has 7 nitrogen and oxygen atoms in total. The van der Waals surface area contributed by atoms with E-state index in [1.54, 1.807) is 11.6 Å². The number of hydrogen-bond donors (Lipinski definition) is 1. The highest BCUT2D eigenvalue weighted by atomic mass is 16.5. The van der Waals surface area contributed by atoms with Crippen LogP contribution in [0.5, 0.6) is 0 Å². The van der Waals surface area contributed by atoms with E-state index in [9.17, 15) is 4.79 Å². The summed E-state index contributed by atoms with van der Waals surface area (Å²) in [5.74, 6) is 0.197. The second-order valence-corrected chi connectivity index (χ2v) is 2.94. The lowest BCUT2D eigenvalue weighted by molar-refractivity contribution is -0.142. The fraction of sp³-hybridized carbons (Fsp3) is 0.750. The van der Waals surface area contributed by atoms with Crippen molar-refractivity contribution < 1.29 is 9.53 Å². The Morgan fingerprint density at radius 1 is 1.60 bits per heavy atom. The molecule has 2 N–H and O–H groups in total. The van der Waals surface area contributed by atoms with E-state index >= 15 is 0 Å². The summed E-state index contributed by atoms with van der Waals surface area (Å²) in [4.78, 5) is 11.2. The third-order valence-corrected chi connectivity index (χ3v) is 1.79. The Hall–Kier alpha value is -1.50. The van der Waals surface area contributed by atoms with Crippen molar-refractivity contribution in [3.8, 4) is 0 Å². The maximum atomic E-state index is 11.2. The number of carbonyl (C=O) groups is 1. The van der Waals surface area contributed by atoms with Crippen LogP contribution in [0.3, 0.4) is 0 Å². The number of rotatable bonds is 6. The number of hydrogen-bond acceptors (Lipinski definition) is 6. The number of nitrogens with two attached hydrogens (primary N) is 1. The van der Waals surface area contributed by atoms with Crippen molar-refractivity contribution in [2.24, 2.45) is 5.73 Å². The zero-order valence-corrected chi connectivity index (χ0v) is 8.72. The third-order valence-electron chi connectivity index (χ3n) is 1.79. The summed E-state index contributed by atoms with van der Waals surface area (Å²) in [7, 11) is 0. The maximum absolute atomic E-state index is 11.2. The highest BCUT2D eigenvalue weighted by Crippen LogP contribution is 1.97. The van der Waals surface area contributed by atoms with Gasteiger partial charge in [0.05, 0.1) is 6.61 Å². The molecule has 0 aliphatic carbocycles. The molecule has 0 aromatic carbocycles. The first-order valence-electron chi connectivity index (χ1n) is 4.88. The number of esters is 1. The number of ether oxygens (including phenoxy) is 1. The topological polar surface area (TPSA) is 95.9 Å². The summed E-state index contributed by atoms with van der Waals surface area (Å²) in [6.07, 6.45) is 0.881. The highest BCUT2D eigenvalue weighted by Gasteiger charge is 2.11. The van der Waals surface area contributed by atoms with E-state index in [1.165, 1.54) is 0 Å². The molecule has 1 aromatic rings. The van der Waals surface area contributed by atoms with Crippen LogP contribution in [0.4, 0.5) is 0 Å². The van der Waals surface area contributed by atoms with Crippen molar-refractivity contribution in [3.63, 3.8) is 0 Å². The van der Waals surface area contributed by atoms with Gasteiger partial charge < -0.3 is 10.5 Å². The fourth-order valence-corrected chi connectivity index (χ4v) is 1.11. The van der Waals surface area contributed by atoms with Crippen LogP contribution in [0.2, 0.25) is 0 Å². The van der Waals surface area contributed by atoms with Crippen molar-refractivity contribution in [3.05, 3.63) is 5.82 Å². The van der Waals surface area contributed by atoms with Gasteiger partial charge in [-0.25, -0.2) is 4.68 Å². The van der Waals surface area contributed by atoms with Crippen molar-refractivity contribution in [1.29, 1.82) is 0 Å². The van der Waals surface area contributed by atoms with Crippen LogP contribution >= 0.6 is 0 Å². The van der Waals surface area contributed by atoms with E-state index < -0.39 is 0 Å². The molecule has 0 aliphatic rings. The Kier molecular flexibility index (Phi) is 4.69. The molecule has 0 aliphatic heterocycles. The molecule has 0 fully saturated rings. The van der Waals surface area contributed by atoms with Crippen molar-refractivity contribution >= 4 is 5.97 Å². The van der Waals surface area contributed by atoms with Crippen LogP contribution < -0.4 is 5.73 Å². The molecule has 7 heteroatoms. The van der Waals surface area contributed by atoms with Crippen LogP contribution in [-0.4, -0.2) is 39.3 Å². The monoisotopic (exact) mass is 213 g/mol. The maximum Gasteiger partial charge on any atom is 0.313 e. The second-order valence-electron chi connectivity index (χ2n) is 2.94. The smallest absolute Gasteiger partial charge is 0.313 e. The highest BCUT2D eigenvalue weighted by molar-refractivity contribution is 5.71. The Labute approximate surface area is 87.6 Å². The molecule has 0 unspecified atom stereocenters. The first-order chi connectivity index (χ1) is 7.27. The lowest BCUT2D eigenvalue weighted by Gasteiger charge is -2.03. The average Bonchev–Trinajstić information content (AvgIpc) is 2.63. The Morgan fingerprint density at radius 2 is 2.40 bits per heavy atom. The average molecular weight is 213 g/mol. The van der Waals surface area contributed by atoms with Gasteiger partial charge in [-0.3, -0.25) is 4.79 Å². The number of tetrazole rings is 1. The molecule has 1 rings (SSSR count). The SMILES string of the molecule is CCOC(=O)Cc1nnnn1CCCN. The zero-order valence-electron chi connectivity index (χ0n) is 8.72. The quantitative estimate of drug-likeness (QED) is 0.617. The normalized spacial score (nSPS) is 10.3.